The van der Waals surface area contributed by atoms with Crippen molar-refractivity contribution < 1.29 is 14.3 Å². The average molecular weight is 354 g/mol. The number of hydrogen-bond acceptors (Lipinski definition) is 3. The van der Waals surface area contributed by atoms with Gasteiger partial charge < -0.3 is 15.4 Å². The van der Waals surface area contributed by atoms with Gasteiger partial charge in [0.1, 0.15) is 6.10 Å². The molecular weight excluding hydrogens is 328 g/mol. The number of carbonyl (C=O) groups is 2. The quantitative estimate of drug-likeness (QED) is 0.906. The molecule has 2 heterocycles. The number of likely N-dealkylation sites (tertiary alicyclic amines) is 1. The van der Waals surface area contributed by atoms with Gasteiger partial charge in [-0.15, -0.1) is 0 Å². The van der Waals surface area contributed by atoms with Gasteiger partial charge in [0.2, 0.25) is 5.91 Å². The van der Waals surface area contributed by atoms with Gasteiger partial charge in [-0.3, -0.25) is 9.59 Å². The molecule has 138 valence electrons. The van der Waals surface area contributed by atoms with Crippen LogP contribution in [0.5, 0.6) is 0 Å². The molecule has 2 atom stereocenters. The number of piperidine rings is 1. The van der Waals surface area contributed by atoms with Gasteiger partial charge in [0.05, 0.1) is 6.10 Å². The first kappa shape index (κ1) is 17.3. The first-order valence-electron chi connectivity index (χ1n) is 9.65. The lowest BCUT2D eigenvalue weighted by molar-refractivity contribution is -0.130. The lowest BCUT2D eigenvalue weighted by Crippen LogP contribution is -2.41. The minimum Gasteiger partial charge on any atom is -0.367 e. The molecule has 0 unspecified atom stereocenters. The Kier molecular flexibility index (Phi) is 4.81. The molecule has 0 spiro atoms. The molecule has 0 aromatic heterocycles. The highest BCUT2D eigenvalue weighted by Crippen LogP contribution is 2.32. The van der Waals surface area contributed by atoms with Crippen LogP contribution in [0.25, 0.3) is 6.08 Å². The molecule has 0 radical (unpaired) electrons. The van der Waals surface area contributed by atoms with Crippen LogP contribution in [0.2, 0.25) is 0 Å². The van der Waals surface area contributed by atoms with Crippen molar-refractivity contribution in [3.63, 3.8) is 0 Å². The van der Waals surface area contributed by atoms with Crippen LogP contribution in [-0.2, 0) is 16.0 Å². The average Bonchev–Trinajstić information content (AvgIpc) is 3.18. The van der Waals surface area contributed by atoms with Gasteiger partial charge in [0, 0.05) is 18.7 Å². The van der Waals surface area contributed by atoms with E-state index in [9.17, 15) is 9.59 Å². The molecule has 1 aliphatic carbocycles. The number of rotatable bonds is 3. The van der Waals surface area contributed by atoms with Crippen molar-refractivity contribution in [2.75, 3.05) is 13.1 Å². The van der Waals surface area contributed by atoms with Crippen LogP contribution in [-0.4, -0.2) is 42.0 Å². The molecule has 2 saturated heterocycles. The zero-order valence-electron chi connectivity index (χ0n) is 15.0. The largest absolute Gasteiger partial charge is 0.367 e. The topological polar surface area (TPSA) is 72.6 Å². The van der Waals surface area contributed by atoms with E-state index in [1.807, 2.05) is 11.0 Å². The molecular formula is C21H26N2O3. The van der Waals surface area contributed by atoms with Gasteiger partial charge >= 0.3 is 0 Å². The fraction of sp³-hybridized carbons (Fsp3) is 0.524. The Morgan fingerprint density at radius 1 is 1.12 bits per heavy atom. The molecule has 4 rings (SSSR count). The summed E-state index contributed by atoms with van der Waals surface area (Å²) in [4.78, 5) is 26.1. The molecule has 0 bridgehead atoms. The molecule has 0 saturated carbocycles. The van der Waals surface area contributed by atoms with Gasteiger partial charge in [0.15, 0.2) is 0 Å². The van der Waals surface area contributed by atoms with E-state index in [0.717, 1.165) is 57.2 Å². The number of amides is 2. The van der Waals surface area contributed by atoms with Crippen LogP contribution in [0, 0.1) is 5.92 Å². The van der Waals surface area contributed by atoms with Gasteiger partial charge in [-0.05, 0) is 67.7 Å². The number of nitrogens with zero attached hydrogens (tertiary/aromatic N) is 1. The zero-order valence-corrected chi connectivity index (χ0v) is 15.0. The van der Waals surface area contributed by atoms with E-state index < -0.39 is 6.10 Å². The Labute approximate surface area is 154 Å². The highest BCUT2D eigenvalue weighted by atomic mass is 16.5. The summed E-state index contributed by atoms with van der Waals surface area (Å²) >= 11 is 0. The minimum atomic E-state index is -0.427. The SMILES string of the molecule is NC(=O)[C@H]1CC[C@@H](C2CCN(C(=O)c3ccc4c(c3)CCC=C4)CC2)O1. The smallest absolute Gasteiger partial charge is 0.253 e. The highest BCUT2D eigenvalue weighted by Gasteiger charge is 2.36. The van der Waals surface area contributed by atoms with E-state index in [0.29, 0.717) is 5.92 Å². The lowest BCUT2D eigenvalue weighted by atomic mass is 9.89. The second kappa shape index (κ2) is 7.23. The van der Waals surface area contributed by atoms with Crippen LogP contribution >= 0.6 is 0 Å². The number of ether oxygens (including phenoxy) is 1. The third-order valence-electron chi connectivity index (χ3n) is 5.99. The number of allylic oxidation sites excluding steroid dienone is 1. The summed E-state index contributed by atoms with van der Waals surface area (Å²) in [5.74, 6) is 0.183. The predicted molar refractivity (Wildman–Crippen MR) is 99.5 cm³/mol. The van der Waals surface area contributed by atoms with Crippen molar-refractivity contribution in [1.29, 1.82) is 0 Å². The molecule has 3 aliphatic rings. The van der Waals surface area contributed by atoms with Crippen LogP contribution in [0.3, 0.4) is 0 Å². The molecule has 5 nitrogen and oxygen atoms in total. The summed E-state index contributed by atoms with van der Waals surface area (Å²) in [6.45, 7) is 1.50. The van der Waals surface area contributed by atoms with E-state index in [2.05, 4.69) is 24.3 Å². The van der Waals surface area contributed by atoms with Crippen LogP contribution in [0.15, 0.2) is 24.3 Å². The molecule has 2 fully saturated rings. The Morgan fingerprint density at radius 2 is 1.92 bits per heavy atom. The maximum atomic E-state index is 12.9. The summed E-state index contributed by atoms with van der Waals surface area (Å²) in [5.41, 5.74) is 8.64. The number of nitrogens with two attached hydrogens (primary N) is 1. The van der Waals surface area contributed by atoms with Crippen molar-refractivity contribution in [2.45, 2.75) is 50.7 Å². The van der Waals surface area contributed by atoms with E-state index in [1.54, 1.807) is 0 Å². The van der Waals surface area contributed by atoms with Crippen molar-refractivity contribution in [2.24, 2.45) is 11.7 Å². The molecule has 2 aliphatic heterocycles. The Bertz CT molecular complexity index is 735. The van der Waals surface area contributed by atoms with Crippen LogP contribution < -0.4 is 5.73 Å². The van der Waals surface area contributed by atoms with Crippen molar-refractivity contribution in [3.05, 3.63) is 41.0 Å². The number of aryl methyl sites for hydroxylation is 1. The van der Waals surface area contributed by atoms with E-state index in [-0.39, 0.29) is 17.9 Å². The van der Waals surface area contributed by atoms with Crippen LogP contribution in [0.4, 0.5) is 0 Å². The fourth-order valence-corrected chi connectivity index (χ4v) is 4.44. The summed E-state index contributed by atoms with van der Waals surface area (Å²) in [7, 11) is 0. The Hall–Kier alpha value is -2.14. The second-order valence-corrected chi connectivity index (χ2v) is 7.63. The number of carbonyl (C=O) groups excluding carboxylic acids is 2. The van der Waals surface area contributed by atoms with Gasteiger partial charge in [-0.2, -0.15) is 0 Å². The van der Waals surface area contributed by atoms with Gasteiger partial charge in [-0.1, -0.05) is 18.2 Å². The maximum Gasteiger partial charge on any atom is 0.253 e. The summed E-state index contributed by atoms with van der Waals surface area (Å²) in [6, 6.07) is 6.06. The van der Waals surface area contributed by atoms with Crippen molar-refractivity contribution >= 4 is 17.9 Å². The molecule has 5 heteroatoms. The Morgan fingerprint density at radius 3 is 2.65 bits per heavy atom. The summed E-state index contributed by atoms with van der Waals surface area (Å²) in [5, 5.41) is 0. The third kappa shape index (κ3) is 3.40. The monoisotopic (exact) mass is 354 g/mol. The van der Waals surface area contributed by atoms with Gasteiger partial charge in [-0.25, -0.2) is 0 Å². The maximum absolute atomic E-state index is 12.9. The molecule has 2 N–H and O–H groups in total. The summed E-state index contributed by atoms with van der Waals surface area (Å²) in [6.07, 6.45) is 9.53. The van der Waals surface area contributed by atoms with Crippen molar-refractivity contribution in [3.8, 4) is 0 Å². The Balaban J connectivity index is 1.35. The van der Waals surface area contributed by atoms with E-state index >= 15 is 0 Å². The number of fused-ring (bicyclic) bond motifs is 1. The second-order valence-electron chi connectivity index (χ2n) is 7.63. The highest BCUT2D eigenvalue weighted by molar-refractivity contribution is 5.94. The van der Waals surface area contributed by atoms with Crippen molar-refractivity contribution in [1.82, 2.24) is 4.90 Å². The third-order valence-corrected chi connectivity index (χ3v) is 5.99. The molecule has 26 heavy (non-hydrogen) atoms. The number of benzene rings is 1. The fourth-order valence-electron chi connectivity index (χ4n) is 4.44. The van der Waals surface area contributed by atoms with E-state index in [1.165, 1.54) is 11.1 Å². The summed E-state index contributed by atoms with van der Waals surface area (Å²) < 4.78 is 5.82. The minimum absolute atomic E-state index is 0.111. The zero-order chi connectivity index (χ0) is 18.1. The number of hydrogen-bond donors (Lipinski definition) is 1. The van der Waals surface area contributed by atoms with Gasteiger partial charge in [0.25, 0.3) is 5.91 Å². The molecule has 1 aromatic carbocycles. The predicted octanol–water partition coefficient (Wildman–Crippen LogP) is 2.53. The molecule has 1 aromatic rings. The first-order valence-corrected chi connectivity index (χ1v) is 9.65. The lowest BCUT2D eigenvalue weighted by Gasteiger charge is -2.34. The normalized spacial score (nSPS) is 25.9. The first-order chi connectivity index (χ1) is 12.6. The standard InChI is InChI=1S/C21H26N2O3/c22-20(24)19-8-7-18(26-19)15-9-11-23(12-10-15)21(25)17-6-5-14-3-1-2-4-16(14)13-17/h1,3,5-6,13,15,18-19H,2,4,7-12H2,(H2,22,24)/t18-,19+/m0/s1. The van der Waals surface area contributed by atoms with Crippen LogP contribution in [0.1, 0.15) is 53.6 Å². The van der Waals surface area contributed by atoms with E-state index in [4.69, 9.17) is 10.5 Å². The number of primary amides is 1. The molecule has 2 amide bonds.